The van der Waals surface area contributed by atoms with Gasteiger partial charge in [-0.05, 0) is 0 Å². The van der Waals surface area contributed by atoms with Gasteiger partial charge in [0.1, 0.15) is 0 Å². The van der Waals surface area contributed by atoms with Crippen molar-refractivity contribution in [1.29, 1.82) is 0 Å². The Labute approximate surface area is 134 Å². The summed E-state index contributed by atoms with van der Waals surface area (Å²) >= 11 is -8.21. The third-order valence-corrected chi connectivity index (χ3v) is 0. The first-order valence-corrected chi connectivity index (χ1v) is 6.71. The summed E-state index contributed by atoms with van der Waals surface area (Å²) in [6.45, 7) is 0. The first-order chi connectivity index (χ1) is 3.46. The summed E-state index contributed by atoms with van der Waals surface area (Å²) < 4.78 is 51.5. The molecule has 0 aliphatic heterocycles. The quantitative estimate of drug-likeness (QED) is 0.349. The van der Waals surface area contributed by atoms with Crippen LogP contribution < -0.4 is 20.8 Å². The average Bonchev–Trinajstić information content (AvgIpc) is 1.25. The second-order valence-corrected chi connectivity index (χ2v) is 2.74. The van der Waals surface area contributed by atoms with E-state index in [4.69, 9.17) is 20.8 Å². The number of rotatable bonds is 0. The molecule has 0 heterocycles. The van der Waals surface area contributed by atoms with Crippen LogP contribution >= 0.6 is 0 Å². The molecule has 0 saturated carbocycles. The maximum absolute atomic E-state index is 8.59. The van der Waals surface area contributed by atoms with Gasteiger partial charge < -0.3 is 0 Å². The molecule has 0 bridgehead atoms. The van der Waals surface area contributed by atoms with Crippen LogP contribution in [-0.2, 0) is 0 Å². The third kappa shape index (κ3) is 93.9. The van der Waals surface area contributed by atoms with Gasteiger partial charge in [0.15, 0.2) is 0 Å². The molecule has 0 rings (SSSR count). The fourth-order valence-corrected chi connectivity index (χ4v) is 0. The SMILES string of the molecule is [Ca+2].[Ca+2].[O-][Te+]([O-])[O-].[O-][Te+]([O-])[O-]. The van der Waals surface area contributed by atoms with Crippen molar-refractivity contribution in [1.82, 2.24) is 0 Å². The van der Waals surface area contributed by atoms with Crippen molar-refractivity contribution in [3.8, 4) is 0 Å². The summed E-state index contributed by atoms with van der Waals surface area (Å²) in [5.41, 5.74) is 0. The first kappa shape index (κ1) is 23.6. The second kappa shape index (κ2) is 18.6. The number of hydrogen-bond donors (Lipinski definition) is 0. The summed E-state index contributed by atoms with van der Waals surface area (Å²) in [4.78, 5) is 0. The Balaban J connectivity index is -0.0000000300. The molecule has 0 spiro atoms. The topological polar surface area (TPSA) is 138 Å². The molecule has 52 valence electrons. The molecule has 0 aliphatic rings. The van der Waals surface area contributed by atoms with E-state index in [9.17, 15) is 0 Å². The van der Waals surface area contributed by atoms with E-state index < -0.39 is 41.6 Å². The minimum atomic E-state index is -4.11. The Bertz CT molecular complexity index is 29.2. The van der Waals surface area contributed by atoms with E-state index >= 15 is 0 Å². The van der Waals surface area contributed by atoms with Crippen LogP contribution in [0.25, 0.3) is 0 Å². The third-order valence-electron chi connectivity index (χ3n) is 0. The summed E-state index contributed by atoms with van der Waals surface area (Å²) in [7, 11) is 0. The van der Waals surface area contributed by atoms with Crippen LogP contribution in [0.15, 0.2) is 0 Å². The standard InChI is InChI=1S/2Ca.2H2O3Te/c;;2*1-4(2)3/h;;2*(H2,1,2,3)/q2*+2;;/p-4. The van der Waals surface area contributed by atoms with Crippen LogP contribution in [0.3, 0.4) is 0 Å². The Morgan fingerprint density at radius 1 is 0.500 bits per heavy atom. The van der Waals surface area contributed by atoms with Crippen molar-refractivity contribution in [3.05, 3.63) is 0 Å². The van der Waals surface area contributed by atoms with Gasteiger partial charge in [-0.3, -0.25) is 0 Å². The van der Waals surface area contributed by atoms with Gasteiger partial charge >= 0.3 is 138 Å². The molecule has 0 fully saturated rings. The zero-order valence-electron chi connectivity index (χ0n) is 4.68. The van der Waals surface area contributed by atoms with Gasteiger partial charge in [0, 0.05) is 0 Å². The van der Waals surface area contributed by atoms with Crippen LogP contribution in [-0.4, -0.2) is 117 Å². The van der Waals surface area contributed by atoms with Crippen molar-refractivity contribution < 1.29 is 20.8 Å². The van der Waals surface area contributed by atoms with Gasteiger partial charge in [0.05, 0.1) is 0 Å². The molecule has 0 aliphatic carbocycles. The average molecular weight is 431 g/mol. The normalized spacial score (nSPS) is 7.20. The predicted octanol–water partition coefficient (Wildman–Crippen LogP) is -8.66. The fraction of sp³-hybridized carbons (Fsp3) is 0. The van der Waals surface area contributed by atoms with Crippen molar-refractivity contribution in [3.63, 3.8) is 0 Å². The molecule has 0 radical (unpaired) electrons. The van der Waals surface area contributed by atoms with Crippen LogP contribution in [0.2, 0.25) is 0 Å². The van der Waals surface area contributed by atoms with E-state index in [0.717, 1.165) is 0 Å². The molecule has 0 N–H and O–H groups in total. The van der Waals surface area contributed by atoms with Gasteiger partial charge in [0.25, 0.3) is 0 Å². The Morgan fingerprint density at radius 2 is 0.500 bits per heavy atom. The van der Waals surface area contributed by atoms with Crippen LogP contribution in [0.5, 0.6) is 0 Å². The monoisotopic (exact) mass is 436 g/mol. The second-order valence-electron chi connectivity index (χ2n) is 0.408. The Morgan fingerprint density at radius 3 is 0.500 bits per heavy atom. The summed E-state index contributed by atoms with van der Waals surface area (Å²) in [5, 5.41) is 0. The van der Waals surface area contributed by atoms with Crippen LogP contribution in [0.1, 0.15) is 0 Å². The predicted molar refractivity (Wildman–Crippen MR) is 23.0 cm³/mol. The Hall–Kier alpha value is 3.86. The maximum atomic E-state index is 8.59. The van der Waals surface area contributed by atoms with Gasteiger partial charge in [-0.15, -0.1) is 0 Å². The zero-order chi connectivity index (χ0) is 7.15. The molecule has 0 unspecified atom stereocenters. The molecule has 0 atom stereocenters. The first-order valence-electron chi connectivity index (χ1n) is 1.00. The van der Waals surface area contributed by atoms with E-state index in [1.54, 1.807) is 0 Å². The molecular formula is Ca2O6Te2. The van der Waals surface area contributed by atoms with Gasteiger partial charge in [-0.1, -0.05) is 0 Å². The molecule has 10 heavy (non-hydrogen) atoms. The van der Waals surface area contributed by atoms with Gasteiger partial charge in [0.2, 0.25) is 0 Å². The molecule has 0 saturated heterocycles. The van der Waals surface area contributed by atoms with E-state index in [-0.39, 0.29) is 75.5 Å². The van der Waals surface area contributed by atoms with Crippen LogP contribution in [0.4, 0.5) is 0 Å². The summed E-state index contributed by atoms with van der Waals surface area (Å²) in [6.07, 6.45) is 0. The summed E-state index contributed by atoms with van der Waals surface area (Å²) in [6, 6.07) is 0. The van der Waals surface area contributed by atoms with E-state index in [1.165, 1.54) is 0 Å². The van der Waals surface area contributed by atoms with Crippen molar-refractivity contribution in [2.75, 3.05) is 0 Å². The minimum absolute atomic E-state index is 0. The molecule has 0 aromatic rings. The molecule has 10 heteroatoms. The van der Waals surface area contributed by atoms with Crippen molar-refractivity contribution in [2.24, 2.45) is 0 Å². The molecule has 6 nitrogen and oxygen atoms in total. The van der Waals surface area contributed by atoms with Crippen molar-refractivity contribution in [2.45, 2.75) is 0 Å². The molecular weight excluding hydrogens is 431 g/mol. The fourth-order valence-electron chi connectivity index (χ4n) is 0. The van der Waals surface area contributed by atoms with E-state index in [2.05, 4.69) is 0 Å². The van der Waals surface area contributed by atoms with E-state index in [1.807, 2.05) is 0 Å². The molecule has 0 aromatic heterocycles. The molecule has 0 aromatic carbocycles. The van der Waals surface area contributed by atoms with Gasteiger partial charge in [-0.25, -0.2) is 0 Å². The Kier molecular flexibility index (Phi) is 43.9. The van der Waals surface area contributed by atoms with Crippen LogP contribution in [0, 0.1) is 0 Å². The number of hydrogen-bond acceptors (Lipinski definition) is 6. The van der Waals surface area contributed by atoms with Gasteiger partial charge in [-0.2, -0.15) is 0 Å². The van der Waals surface area contributed by atoms with Crippen molar-refractivity contribution >= 4 is 117 Å². The zero-order valence-corrected chi connectivity index (χ0v) is 13.8. The summed E-state index contributed by atoms with van der Waals surface area (Å²) in [5.74, 6) is 0. The molecule has 0 amide bonds. The van der Waals surface area contributed by atoms with E-state index in [0.29, 0.717) is 0 Å².